The van der Waals surface area contributed by atoms with Crippen LogP contribution in [0.2, 0.25) is 0 Å². The minimum Gasteiger partial charge on any atom is -0.462 e. The van der Waals surface area contributed by atoms with Gasteiger partial charge in [0.05, 0.1) is 13.2 Å². The third-order valence-corrected chi connectivity index (χ3v) is 11.6. The number of nitrogens with two attached hydrogens (primary N) is 1. The van der Waals surface area contributed by atoms with Crippen molar-refractivity contribution < 1.29 is 37.6 Å². The lowest BCUT2D eigenvalue weighted by Gasteiger charge is -2.19. The molecule has 0 aromatic heterocycles. The number of unbranched alkanes of at least 4 members (excludes halogenated alkanes) is 24. The summed E-state index contributed by atoms with van der Waals surface area (Å²) in [5.74, 6) is -0.836. The molecule has 0 heterocycles. The molecule has 0 spiro atoms. The molecule has 0 radical (unpaired) electrons. The van der Waals surface area contributed by atoms with Crippen molar-refractivity contribution in [3.63, 3.8) is 0 Å². The van der Waals surface area contributed by atoms with E-state index < -0.39 is 32.5 Å². The molecule has 0 aliphatic carbocycles. The van der Waals surface area contributed by atoms with E-state index in [0.29, 0.717) is 6.42 Å². The molecule has 0 aliphatic heterocycles. The molecule has 62 heavy (non-hydrogen) atoms. The third-order valence-electron chi connectivity index (χ3n) is 10.6. The molecule has 10 heteroatoms. The first-order valence-electron chi connectivity index (χ1n) is 25.3. The fourth-order valence-electron chi connectivity index (χ4n) is 6.92. The Morgan fingerprint density at radius 2 is 0.887 bits per heavy atom. The van der Waals surface area contributed by atoms with E-state index in [1.165, 1.54) is 109 Å². The number of carbonyl (C=O) groups is 2. The number of rotatable bonds is 47. The van der Waals surface area contributed by atoms with E-state index in [4.69, 9.17) is 24.3 Å². The molecule has 2 atom stereocenters. The Balaban J connectivity index is 3.94. The van der Waals surface area contributed by atoms with Gasteiger partial charge in [-0.2, -0.15) is 0 Å². The van der Waals surface area contributed by atoms with Gasteiger partial charge in [-0.1, -0.05) is 197 Å². The van der Waals surface area contributed by atoms with Crippen molar-refractivity contribution in [3.05, 3.63) is 60.8 Å². The molecule has 0 saturated carbocycles. The lowest BCUT2D eigenvalue weighted by molar-refractivity contribution is -0.161. The van der Waals surface area contributed by atoms with Gasteiger partial charge in [-0.05, 0) is 77.0 Å². The van der Waals surface area contributed by atoms with Crippen molar-refractivity contribution in [2.45, 2.75) is 232 Å². The Morgan fingerprint density at radius 3 is 1.34 bits per heavy atom. The number of hydrogen-bond donors (Lipinski definition) is 2. The second-order valence-corrected chi connectivity index (χ2v) is 18.1. The Hall–Kier alpha value is -2.29. The number of ether oxygens (including phenoxy) is 2. The van der Waals surface area contributed by atoms with Crippen LogP contribution in [0.4, 0.5) is 0 Å². The Labute approximate surface area is 380 Å². The maximum Gasteiger partial charge on any atom is 0.472 e. The maximum absolute atomic E-state index is 12.6. The predicted octanol–water partition coefficient (Wildman–Crippen LogP) is 15.2. The summed E-state index contributed by atoms with van der Waals surface area (Å²) in [5, 5.41) is 0. The topological polar surface area (TPSA) is 134 Å². The summed E-state index contributed by atoms with van der Waals surface area (Å²) < 4.78 is 32.9. The second-order valence-electron chi connectivity index (χ2n) is 16.7. The summed E-state index contributed by atoms with van der Waals surface area (Å²) in [6.07, 6.45) is 58.4. The number of esters is 2. The molecule has 0 fully saturated rings. The summed E-state index contributed by atoms with van der Waals surface area (Å²) >= 11 is 0. The van der Waals surface area contributed by atoms with E-state index in [1.54, 1.807) is 0 Å². The Bertz CT molecular complexity index is 1200. The Kier molecular flexibility index (Phi) is 46.4. The molecular formula is C52H94NO8P. The van der Waals surface area contributed by atoms with E-state index in [-0.39, 0.29) is 32.6 Å². The van der Waals surface area contributed by atoms with Gasteiger partial charge in [-0.25, -0.2) is 4.57 Å². The van der Waals surface area contributed by atoms with E-state index in [1.807, 2.05) is 0 Å². The first-order chi connectivity index (χ1) is 30.3. The van der Waals surface area contributed by atoms with Crippen LogP contribution in [0.25, 0.3) is 0 Å². The van der Waals surface area contributed by atoms with Gasteiger partial charge >= 0.3 is 19.8 Å². The molecule has 0 amide bonds. The quantitative estimate of drug-likeness (QED) is 0.0265. The number of carbonyl (C=O) groups excluding carboxylic acids is 2. The first kappa shape index (κ1) is 59.7. The molecule has 3 N–H and O–H groups in total. The minimum atomic E-state index is -4.38. The van der Waals surface area contributed by atoms with Gasteiger partial charge in [0.15, 0.2) is 6.10 Å². The van der Waals surface area contributed by atoms with Crippen molar-refractivity contribution in [3.8, 4) is 0 Å². The smallest absolute Gasteiger partial charge is 0.462 e. The molecule has 0 bridgehead atoms. The average molecular weight is 892 g/mol. The summed E-state index contributed by atoms with van der Waals surface area (Å²) in [5.41, 5.74) is 5.36. The SMILES string of the molecule is CC/C=C\C/C=C\C/C=C\C/C=C\CCCCCCCCCCCCCCCCCCC(=O)OC(COC(=O)CCCCCCC/C=C\CCCCC)COP(=O)(O)OCCN. The van der Waals surface area contributed by atoms with E-state index in [2.05, 4.69) is 74.6 Å². The average Bonchev–Trinajstić information content (AvgIpc) is 3.26. The Morgan fingerprint density at radius 1 is 0.500 bits per heavy atom. The van der Waals surface area contributed by atoms with E-state index in [9.17, 15) is 19.0 Å². The number of phosphoric ester groups is 1. The van der Waals surface area contributed by atoms with Crippen LogP contribution in [0.3, 0.4) is 0 Å². The summed E-state index contributed by atoms with van der Waals surface area (Å²) in [7, 11) is -4.38. The maximum atomic E-state index is 12.6. The standard InChI is InChI=1S/C52H94NO8P/c1-3-5-7-9-11-13-15-17-18-19-20-21-22-23-24-25-26-27-28-29-30-31-32-33-35-37-39-41-43-45-52(55)61-50(49-60-62(56,57)59-47-46-53)48-58-51(54)44-42-40-38-36-34-16-14-12-10-8-6-4-2/h5,7,11-14,17-18,20-21,50H,3-4,6,8-10,15-16,19,22-49,53H2,1-2H3,(H,56,57)/b7-5-,13-11-,14-12-,18-17-,21-20-. The van der Waals surface area contributed by atoms with Gasteiger partial charge in [0.1, 0.15) is 6.61 Å². The van der Waals surface area contributed by atoms with Gasteiger partial charge in [0.2, 0.25) is 0 Å². The van der Waals surface area contributed by atoms with E-state index in [0.717, 1.165) is 83.5 Å². The minimum absolute atomic E-state index is 0.0516. The molecule has 0 aromatic rings. The van der Waals surface area contributed by atoms with Crippen LogP contribution >= 0.6 is 7.82 Å². The highest BCUT2D eigenvalue weighted by Crippen LogP contribution is 2.43. The summed E-state index contributed by atoms with van der Waals surface area (Å²) in [6, 6.07) is 0. The molecule has 360 valence electrons. The highest BCUT2D eigenvalue weighted by molar-refractivity contribution is 7.47. The van der Waals surface area contributed by atoms with Gasteiger partial charge in [0, 0.05) is 19.4 Å². The highest BCUT2D eigenvalue weighted by atomic mass is 31.2. The van der Waals surface area contributed by atoms with E-state index >= 15 is 0 Å². The largest absolute Gasteiger partial charge is 0.472 e. The zero-order valence-corrected chi connectivity index (χ0v) is 40.7. The number of hydrogen-bond acceptors (Lipinski definition) is 8. The zero-order valence-electron chi connectivity index (χ0n) is 39.8. The van der Waals surface area contributed by atoms with Crippen molar-refractivity contribution >= 4 is 19.8 Å². The highest BCUT2D eigenvalue weighted by Gasteiger charge is 2.26. The van der Waals surface area contributed by atoms with Crippen molar-refractivity contribution in [1.29, 1.82) is 0 Å². The van der Waals surface area contributed by atoms with Crippen molar-refractivity contribution in [2.24, 2.45) is 5.73 Å². The van der Waals surface area contributed by atoms with Crippen molar-refractivity contribution in [2.75, 3.05) is 26.4 Å². The monoisotopic (exact) mass is 892 g/mol. The zero-order chi connectivity index (χ0) is 45.3. The first-order valence-corrected chi connectivity index (χ1v) is 26.8. The fraction of sp³-hybridized carbons (Fsp3) is 0.769. The van der Waals surface area contributed by atoms with Crippen LogP contribution in [0, 0.1) is 0 Å². The van der Waals surface area contributed by atoms with Crippen LogP contribution in [0.15, 0.2) is 60.8 Å². The molecule has 0 aliphatic rings. The third kappa shape index (κ3) is 47.2. The van der Waals surface area contributed by atoms with Crippen LogP contribution in [0.1, 0.15) is 226 Å². The summed E-state index contributed by atoms with van der Waals surface area (Å²) in [6.45, 7) is 3.60. The molecule has 0 aromatic carbocycles. The second kappa shape index (κ2) is 48.2. The predicted molar refractivity (Wildman–Crippen MR) is 261 cm³/mol. The van der Waals surface area contributed by atoms with Crippen molar-refractivity contribution in [1.82, 2.24) is 0 Å². The molecule has 0 rings (SSSR count). The van der Waals surface area contributed by atoms with Crippen LogP contribution in [0.5, 0.6) is 0 Å². The molecule has 2 unspecified atom stereocenters. The fourth-order valence-corrected chi connectivity index (χ4v) is 7.68. The molecule has 9 nitrogen and oxygen atoms in total. The van der Waals surface area contributed by atoms with Crippen LogP contribution in [-0.4, -0.2) is 49.3 Å². The van der Waals surface area contributed by atoms with Crippen LogP contribution < -0.4 is 5.73 Å². The summed E-state index contributed by atoms with van der Waals surface area (Å²) in [4.78, 5) is 34.9. The number of allylic oxidation sites excluding steroid dienone is 10. The van der Waals surface area contributed by atoms with Crippen LogP contribution in [-0.2, 0) is 32.7 Å². The normalized spacial score (nSPS) is 13.7. The lowest BCUT2D eigenvalue weighted by Crippen LogP contribution is -2.29. The van der Waals surface area contributed by atoms with Gasteiger partial charge < -0.3 is 20.1 Å². The lowest BCUT2D eigenvalue weighted by atomic mass is 10.0. The molecular weight excluding hydrogens is 798 g/mol. The van der Waals surface area contributed by atoms with Gasteiger partial charge in [0.25, 0.3) is 0 Å². The number of phosphoric acid groups is 1. The van der Waals surface area contributed by atoms with Gasteiger partial charge in [-0.15, -0.1) is 0 Å². The van der Waals surface area contributed by atoms with Gasteiger partial charge in [-0.3, -0.25) is 18.6 Å². The molecule has 0 saturated heterocycles.